The molecule has 0 unspecified atom stereocenters. The van der Waals surface area contributed by atoms with Crippen molar-refractivity contribution < 1.29 is 19.1 Å². The molecule has 1 amide bonds. The van der Waals surface area contributed by atoms with Crippen LogP contribution in [0.3, 0.4) is 0 Å². The summed E-state index contributed by atoms with van der Waals surface area (Å²) in [6.07, 6.45) is 0. The number of nitrogens with zero attached hydrogens (tertiary/aromatic N) is 1. The lowest BCUT2D eigenvalue weighted by atomic mass is 10.3. The summed E-state index contributed by atoms with van der Waals surface area (Å²) in [5.41, 5.74) is 0. The molecule has 0 radical (unpaired) electrons. The Kier molecular flexibility index (Phi) is 7.01. The molecule has 1 aromatic carbocycles. The zero-order chi connectivity index (χ0) is 15.1. The second-order valence-electron chi connectivity index (χ2n) is 3.92. The van der Waals surface area contributed by atoms with Gasteiger partial charge in [-0.25, -0.2) is 0 Å². The first kappa shape index (κ1) is 17.0. The summed E-state index contributed by atoms with van der Waals surface area (Å²) in [5, 5.41) is 0. The van der Waals surface area contributed by atoms with Gasteiger partial charge in [0.15, 0.2) is 6.61 Å². The van der Waals surface area contributed by atoms with Gasteiger partial charge in [-0.2, -0.15) is 0 Å². The quantitative estimate of drug-likeness (QED) is 0.679. The summed E-state index contributed by atoms with van der Waals surface area (Å²) in [6.45, 7) is 1.78. The number of ether oxygens (including phenoxy) is 2. The maximum atomic E-state index is 11.8. The van der Waals surface area contributed by atoms with Crippen molar-refractivity contribution in [1.82, 2.24) is 4.90 Å². The Hall–Kier alpha value is -1.08. The second kappa shape index (κ2) is 8.26. The summed E-state index contributed by atoms with van der Waals surface area (Å²) >= 11 is 6.67. The van der Waals surface area contributed by atoms with E-state index < -0.39 is 5.97 Å². The fraction of sp³-hybridized carbons (Fsp3) is 0.385. The summed E-state index contributed by atoms with van der Waals surface area (Å²) in [6, 6.07) is 5.38. The van der Waals surface area contributed by atoms with Crippen molar-refractivity contribution >= 4 is 43.7 Å². The Balaban J connectivity index is 2.48. The Morgan fingerprint density at radius 3 is 2.60 bits per heavy atom. The number of hydrogen-bond acceptors (Lipinski definition) is 4. The number of rotatable bonds is 6. The molecule has 110 valence electrons. The predicted octanol–water partition coefficient (Wildman–Crippen LogP) is 2.61. The van der Waals surface area contributed by atoms with Crippen LogP contribution in [0.5, 0.6) is 5.75 Å². The molecule has 0 bridgehead atoms. The molecule has 1 rings (SSSR count). The van der Waals surface area contributed by atoms with Gasteiger partial charge in [0, 0.05) is 11.5 Å². The minimum atomic E-state index is -0.437. The summed E-state index contributed by atoms with van der Waals surface area (Å²) in [7, 11) is 1.53. The zero-order valence-electron chi connectivity index (χ0n) is 11.2. The lowest BCUT2D eigenvalue weighted by Crippen LogP contribution is -2.36. The standard InChI is InChI=1S/C13H15Br2NO4/c1-3-19-13(18)7-16(2)12(17)8-20-11-5-4-9(14)6-10(11)15/h4-6H,3,7-8H2,1-2H3. The molecule has 0 heterocycles. The van der Waals surface area contributed by atoms with Crippen LogP contribution >= 0.6 is 31.9 Å². The van der Waals surface area contributed by atoms with Gasteiger partial charge in [0.2, 0.25) is 0 Å². The molecule has 0 aliphatic heterocycles. The van der Waals surface area contributed by atoms with E-state index in [1.54, 1.807) is 13.0 Å². The highest BCUT2D eigenvalue weighted by molar-refractivity contribution is 9.11. The molecule has 20 heavy (non-hydrogen) atoms. The van der Waals surface area contributed by atoms with E-state index in [4.69, 9.17) is 9.47 Å². The third-order valence-corrected chi connectivity index (χ3v) is 3.46. The van der Waals surface area contributed by atoms with Crippen molar-refractivity contribution in [2.45, 2.75) is 6.92 Å². The van der Waals surface area contributed by atoms with E-state index in [9.17, 15) is 9.59 Å². The van der Waals surface area contributed by atoms with Crippen LogP contribution in [0.25, 0.3) is 0 Å². The van der Waals surface area contributed by atoms with Crippen LogP contribution in [-0.2, 0) is 14.3 Å². The molecule has 0 spiro atoms. The van der Waals surface area contributed by atoms with Crippen LogP contribution in [-0.4, -0.2) is 43.6 Å². The molecule has 0 atom stereocenters. The van der Waals surface area contributed by atoms with Gasteiger partial charge in [-0.15, -0.1) is 0 Å². The molecule has 0 aromatic heterocycles. The Bertz CT molecular complexity index is 493. The largest absolute Gasteiger partial charge is 0.483 e. The number of carbonyl (C=O) groups is 2. The summed E-state index contributed by atoms with van der Waals surface area (Å²) < 4.78 is 11.8. The number of hydrogen-bond donors (Lipinski definition) is 0. The highest BCUT2D eigenvalue weighted by Gasteiger charge is 2.14. The van der Waals surface area contributed by atoms with Crippen molar-refractivity contribution in [1.29, 1.82) is 0 Å². The summed E-state index contributed by atoms with van der Waals surface area (Å²) in [5.74, 6) is -0.174. The van der Waals surface area contributed by atoms with E-state index in [0.29, 0.717) is 12.4 Å². The van der Waals surface area contributed by atoms with Gasteiger partial charge in [-0.3, -0.25) is 9.59 Å². The molecule has 0 saturated carbocycles. The highest BCUT2D eigenvalue weighted by atomic mass is 79.9. The molecule has 7 heteroatoms. The number of likely N-dealkylation sites (N-methyl/N-ethyl adjacent to an activating group) is 1. The van der Waals surface area contributed by atoms with Gasteiger partial charge in [-0.05, 0) is 41.1 Å². The van der Waals surface area contributed by atoms with E-state index in [1.165, 1.54) is 11.9 Å². The maximum Gasteiger partial charge on any atom is 0.325 e. The van der Waals surface area contributed by atoms with Gasteiger partial charge < -0.3 is 14.4 Å². The molecule has 0 saturated heterocycles. The van der Waals surface area contributed by atoms with Crippen LogP contribution in [0.1, 0.15) is 6.92 Å². The second-order valence-corrected chi connectivity index (χ2v) is 5.69. The van der Waals surface area contributed by atoms with Crippen molar-refractivity contribution in [3.05, 3.63) is 27.1 Å². The van der Waals surface area contributed by atoms with Gasteiger partial charge in [0.25, 0.3) is 5.91 Å². The fourth-order valence-electron chi connectivity index (χ4n) is 1.33. The van der Waals surface area contributed by atoms with E-state index in [0.717, 1.165) is 8.95 Å². The van der Waals surface area contributed by atoms with Gasteiger partial charge >= 0.3 is 5.97 Å². The topological polar surface area (TPSA) is 55.8 Å². The van der Waals surface area contributed by atoms with Gasteiger partial charge in [0.05, 0.1) is 11.1 Å². The third kappa shape index (κ3) is 5.50. The van der Waals surface area contributed by atoms with Crippen LogP contribution in [0.4, 0.5) is 0 Å². The lowest BCUT2D eigenvalue weighted by Gasteiger charge is -2.16. The molecular formula is C13H15Br2NO4. The van der Waals surface area contributed by atoms with Crippen LogP contribution in [0.2, 0.25) is 0 Å². The van der Waals surface area contributed by atoms with Crippen molar-refractivity contribution in [2.24, 2.45) is 0 Å². The first-order chi connectivity index (χ1) is 9.43. The third-order valence-electron chi connectivity index (χ3n) is 2.34. The van der Waals surface area contributed by atoms with Crippen LogP contribution in [0.15, 0.2) is 27.1 Å². The lowest BCUT2D eigenvalue weighted by molar-refractivity contribution is -0.148. The van der Waals surface area contributed by atoms with E-state index in [-0.39, 0.29) is 19.1 Å². The van der Waals surface area contributed by atoms with E-state index in [2.05, 4.69) is 31.9 Å². The predicted molar refractivity (Wildman–Crippen MR) is 81.6 cm³/mol. The van der Waals surface area contributed by atoms with E-state index >= 15 is 0 Å². The maximum absolute atomic E-state index is 11.8. The normalized spacial score (nSPS) is 10.0. The fourth-order valence-corrected chi connectivity index (χ4v) is 2.49. The average Bonchev–Trinajstić information content (AvgIpc) is 2.37. The molecule has 0 fully saturated rings. The minimum absolute atomic E-state index is 0.0858. The molecule has 1 aromatic rings. The molecule has 5 nitrogen and oxygen atoms in total. The molecule has 0 aliphatic rings. The smallest absolute Gasteiger partial charge is 0.325 e. The molecule has 0 aliphatic carbocycles. The first-order valence-corrected chi connectivity index (χ1v) is 7.50. The minimum Gasteiger partial charge on any atom is -0.483 e. The van der Waals surface area contributed by atoms with Crippen LogP contribution in [0, 0.1) is 0 Å². The zero-order valence-corrected chi connectivity index (χ0v) is 14.4. The molecular weight excluding hydrogens is 394 g/mol. The monoisotopic (exact) mass is 407 g/mol. The van der Waals surface area contributed by atoms with Crippen molar-refractivity contribution in [3.63, 3.8) is 0 Å². The SMILES string of the molecule is CCOC(=O)CN(C)C(=O)COc1ccc(Br)cc1Br. The summed E-state index contributed by atoms with van der Waals surface area (Å²) in [4.78, 5) is 24.3. The number of carbonyl (C=O) groups excluding carboxylic acids is 2. The number of halogens is 2. The Labute approximate surface area is 134 Å². The number of benzene rings is 1. The first-order valence-electron chi connectivity index (χ1n) is 5.91. The van der Waals surface area contributed by atoms with Gasteiger partial charge in [-0.1, -0.05) is 15.9 Å². The average molecular weight is 409 g/mol. The van der Waals surface area contributed by atoms with E-state index in [1.807, 2.05) is 12.1 Å². The number of amides is 1. The molecule has 0 N–H and O–H groups in total. The van der Waals surface area contributed by atoms with Crippen molar-refractivity contribution in [2.75, 3.05) is 26.8 Å². The number of esters is 1. The highest BCUT2D eigenvalue weighted by Crippen LogP contribution is 2.28. The Morgan fingerprint density at radius 2 is 2.00 bits per heavy atom. The Morgan fingerprint density at radius 1 is 1.30 bits per heavy atom. The van der Waals surface area contributed by atoms with Gasteiger partial charge in [0.1, 0.15) is 12.3 Å². The van der Waals surface area contributed by atoms with Crippen molar-refractivity contribution in [3.8, 4) is 5.75 Å². The van der Waals surface area contributed by atoms with Crippen LogP contribution < -0.4 is 4.74 Å².